The van der Waals surface area contributed by atoms with Gasteiger partial charge in [0.1, 0.15) is 5.01 Å². The number of thiazole rings is 1. The minimum Gasteiger partial charge on any atom is -0.475 e. The number of aliphatic carboxylic acids is 1. The topological polar surface area (TPSA) is 111 Å². The predicted octanol–water partition coefficient (Wildman–Crippen LogP) is 3.87. The summed E-state index contributed by atoms with van der Waals surface area (Å²) < 4.78 is 31.7. The van der Waals surface area contributed by atoms with Crippen LogP contribution in [0, 0.1) is 0 Å². The van der Waals surface area contributed by atoms with Gasteiger partial charge in [0.2, 0.25) is 0 Å². The second-order valence-electron chi connectivity index (χ2n) is 6.91. The molecule has 0 bridgehead atoms. The van der Waals surface area contributed by atoms with E-state index in [0.29, 0.717) is 5.69 Å². The molecule has 8 nitrogen and oxygen atoms in total. The number of carbonyl (C=O) groups excluding carboxylic acids is 1. The van der Waals surface area contributed by atoms with Gasteiger partial charge in [-0.05, 0) is 49.7 Å². The number of aromatic amines is 1. The van der Waals surface area contributed by atoms with Crippen LogP contribution in [0.4, 0.5) is 18.9 Å². The number of amides is 1. The molecule has 170 valence electrons. The maximum Gasteiger partial charge on any atom is 0.490 e. The van der Waals surface area contributed by atoms with Crippen LogP contribution in [0.5, 0.6) is 0 Å². The summed E-state index contributed by atoms with van der Waals surface area (Å²) in [5, 5.41) is 20.7. The van der Waals surface area contributed by atoms with Crippen molar-refractivity contribution in [2.45, 2.75) is 25.1 Å². The summed E-state index contributed by atoms with van der Waals surface area (Å²) in [5.74, 6) is -2.88. The number of benzene rings is 1. The zero-order valence-electron chi connectivity index (χ0n) is 16.9. The maximum absolute atomic E-state index is 12.7. The van der Waals surface area contributed by atoms with Crippen molar-refractivity contribution in [2.75, 3.05) is 18.5 Å². The molecule has 3 heterocycles. The summed E-state index contributed by atoms with van der Waals surface area (Å²) in [6, 6.07) is 9.96. The summed E-state index contributed by atoms with van der Waals surface area (Å²) in [5.41, 5.74) is 3.30. The lowest BCUT2D eigenvalue weighted by Crippen LogP contribution is -2.26. The average molecular weight is 467 g/mol. The number of H-pyrrole nitrogens is 1. The Hall–Kier alpha value is -3.25. The number of hydrogen-bond acceptors (Lipinski definition) is 6. The Morgan fingerprint density at radius 3 is 2.47 bits per heavy atom. The molecule has 1 aliphatic rings. The van der Waals surface area contributed by atoms with Crippen molar-refractivity contribution in [3.05, 3.63) is 53.3 Å². The third kappa shape index (κ3) is 5.71. The number of rotatable bonds is 4. The van der Waals surface area contributed by atoms with Gasteiger partial charge >= 0.3 is 12.1 Å². The average Bonchev–Trinajstić information content (AvgIpc) is 3.54. The zero-order chi connectivity index (χ0) is 23.3. The predicted molar refractivity (Wildman–Crippen MR) is 113 cm³/mol. The Kier molecular flexibility index (Phi) is 7.26. The molecule has 0 radical (unpaired) electrons. The van der Waals surface area contributed by atoms with Gasteiger partial charge in [-0.2, -0.15) is 18.3 Å². The molecule has 3 N–H and O–H groups in total. The van der Waals surface area contributed by atoms with Gasteiger partial charge in [-0.1, -0.05) is 0 Å². The molecule has 2 aromatic heterocycles. The van der Waals surface area contributed by atoms with Crippen molar-refractivity contribution >= 4 is 28.9 Å². The molecule has 1 aromatic carbocycles. The number of anilines is 1. The van der Waals surface area contributed by atoms with Gasteiger partial charge in [-0.25, -0.2) is 9.78 Å². The molecule has 1 unspecified atom stereocenters. The van der Waals surface area contributed by atoms with Crippen LogP contribution in [0.2, 0.25) is 0 Å². The molecule has 3 aromatic rings. The summed E-state index contributed by atoms with van der Waals surface area (Å²) in [6.07, 6.45) is -1.07. The second-order valence-corrected chi connectivity index (χ2v) is 7.80. The van der Waals surface area contributed by atoms with Crippen molar-refractivity contribution < 1.29 is 27.9 Å². The number of carboxylic acids is 1. The number of nitrogens with zero attached hydrogens (tertiary/aromatic N) is 3. The lowest BCUT2D eigenvalue weighted by Gasteiger charge is -2.16. The molecule has 1 fully saturated rings. The fourth-order valence-corrected chi connectivity index (χ4v) is 3.70. The molecule has 1 atom stereocenters. The van der Waals surface area contributed by atoms with E-state index in [1.165, 1.54) is 0 Å². The Bertz CT molecular complexity index is 1050. The van der Waals surface area contributed by atoms with Crippen molar-refractivity contribution in [2.24, 2.45) is 0 Å². The third-order valence-electron chi connectivity index (χ3n) is 4.73. The monoisotopic (exact) mass is 467 g/mol. The van der Waals surface area contributed by atoms with Crippen LogP contribution >= 0.6 is 11.3 Å². The number of halogens is 3. The Labute approximate surface area is 185 Å². The number of hydrogen-bond donors (Lipinski definition) is 3. The van der Waals surface area contributed by atoms with Crippen LogP contribution in [0.15, 0.2) is 41.9 Å². The van der Waals surface area contributed by atoms with E-state index in [-0.39, 0.29) is 11.9 Å². The van der Waals surface area contributed by atoms with Crippen LogP contribution in [0.1, 0.15) is 35.1 Å². The Morgan fingerprint density at radius 2 is 1.94 bits per heavy atom. The van der Waals surface area contributed by atoms with Gasteiger partial charge in [0.05, 0.1) is 5.69 Å². The van der Waals surface area contributed by atoms with Crippen LogP contribution in [0.3, 0.4) is 0 Å². The molecule has 4 rings (SSSR count). The summed E-state index contributed by atoms with van der Waals surface area (Å²) in [7, 11) is 1.77. The quantitative estimate of drug-likeness (QED) is 0.537. The van der Waals surface area contributed by atoms with Gasteiger partial charge in [-0.3, -0.25) is 9.89 Å². The first-order chi connectivity index (χ1) is 15.2. The van der Waals surface area contributed by atoms with Crippen LogP contribution in [-0.2, 0) is 4.79 Å². The highest BCUT2D eigenvalue weighted by Gasteiger charge is 2.38. The molecule has 32 heavy (non-hydrogen) atoms. The molecule has 0 aliphatic carbocycles. The fraction of sp³-hybridized carbons (Fsp3) is 0.300. The Balaban J connectivity index is 0.000000360. The minimum atomic E-state index is -5.08. The first kappa shape index (κ1) is 23.4. The maximum atomic E-state index is 12.7. The number of aromatic nitrogens is 3. The number of carboxylic acid groups (broad SMARTS) is 1. The van der Waals surface area contributed by atoms with Crippen molar-refractivity contribution in [1.82, 2.24) is 20.5 Å². The van der Waals surface area contributed by atoms with Gasteiger partial charge in [-0.15, -0.1) is 11.3 Å². The summed E-state index contributed by atoms with van der Waals surface area (Å²) in [4.78, 5) is 27.5. The van der Waals surface area contributed by atoms with E-state index in [1.54, 1.807) is 29.5 Å². The van der Waals surface area contributed by atoms with Crippen LogP contribution in [0.25, 0.3) is 10.6 Å². The molecule has 1 saturated heterocycles. The highest BCUT2D eigenvalue weighted by atomic mass is 32.1. The fourth-order valence-electron chi connectivity index (χ4n) is 3.06. The van der Waals surface area contributed by atoms with E-state index in [1.807, 2.05) is 35.7 Å². The SMILES string of the molecule is CN(C(=O)c1cc(C2CCCN2)[nH]n1)c1ccc(-c2nccs2)cc1.O=C(O)C(F)(F)F. The van der Waals surface area contributed by atoms with Crippen molar-refractivity contribution in [3.8, 4) is 10.6 Å². The number of nitrogens with one attached hydrogen (secondary N) is 2. The van der Waals surface area contributed by atoms with Crippen LogP contribution in [-0.4, -0.2) is 51.9 Å². The van der Waals surface area contributed by atoms with Gasteiger partial charge < -0.3 is 15.3 Å². The van der Waals surface area contributed by atoms with E-state index in [9.17, 15) is 18.0 Å². The van der Waals surface area contributed by atoms with Gasteiger partial charge in [0.25, 0.3) is 5.91 Å². The lowest BCUT2D eigenvalue weighted by molar-refractivity contribution is -0.192. The van der Waals surface area contributed by atoms with Gasteiger partial charge in [0.15, 0.2) is 5.69 Å². The van der Waals surface area contributed by atoms with Gasteiger partial charge in [0, 0.05) is 35.9 Å². The van der Waals surface area contributed by atoms with E-state index in [2.05, 4.69) is 20.5 Å². The molecule has 1 amide bonds. The highest BCUT2D eigenvalue weighted by molar-refractivity contribution is 7.13. The molecule has 0 spiro atoms. The molecule has 0 saturated carbocycles. The molecule has 1 aliphatic heterocycles. The van der Waals surface area contributed by atoms with Crippen molar-refractivity contribution in [3.63, 3.8) is 0 Å². The first-order valence-corrected chi connectivity index (χ1v) is 10.4. The molecular formula is C20H20F3N5O3S. The number of alkyl halides is 3. The number of carbonyl (C=O) groups is 2. The summed E-state index contributed by atoms with van der Waals surface area (Å²) >= 11 is 1.60. The normalized spacial score (nSPS) is 15.7. The second kappa shape index (κ2) is 9.92. The van der Waals surface area contributed by atoms with E-state index < -0.39 is 12.1 Å². The standard InChI is InChI=1S/C18H19N5OS.C2HF3O2/c1-23(13-6-4-12(5-7-13)17-20-9-10-25-17)18(24)16-11-15(21-22-16)14-3-2-8-19-14;3-2(4,5)1(6)7/h4-7,9-11,14,19H,2-3,8H2,1H3,(H,21,22);(H,6,7). The van der Waals surface area contributed by atoms with E-state index >= 15 is 0 Å². The summed E-state index contributed by atoms with van der Waals surface area (Å²) in [6.45, 7) is 1.01. The highest BCUT2D eigenvalue weighted by Crippen LogP contribution is 2.26. The van der Waals surface area contributed by atoms with Crippen molar-refractivity contribution in [1.29, 1.82) is 0 Å². The molecular weight excluding hydrogens is 447 g/mol. The minimum absolute atomic E-state index is 0.123. The van der Waals surface area contributed by atoms with E-state index in [0.717, 1.165) is 41.3 Å². The lowest BCUT2D eigenvalue weighted by atomic mass is 10.1. The third-order valence-corrected chi connectivity index (χ3v) is 5.56. The first-order valence-electron chi connectivity index (χ1n) is 9.53. The van der Waals surface area contributed by atoms with E-state index in [4.69, 9.17) is 9.90 Å². The largest absolute Gasteiger partial charge is 0.490 e. The van der Waals surface area contributed by atoms with Crippen LogP contribution < -0.4 is 10.2 Å². The zero-order valence-corrected chi connectivity index (χ0v) is 17.7. The smallest absolute Gasteiger partial charge is 0.475 e. The Morgan fingerprint density at radius 1 is 1.25 bits per heavy atom. The molecule has 12 heteroatoms.